The molecule has 1 saturated carbocycles. The number of rotatable bonds is 1. The smallest absolute Gasteiger partial charge is 0.178 e. The van der Waals surface area contributed by atoms with Gasteiger partial charge in [-0.2, -0.15) is 0 Å². The lowest BCUT2D eigenvalue weighted by Crippen LogP contribution is -2.08. The van der Waals surface area contributed by atoms with Gasteiger partial charge in [-0.3, -0.25) is 0 Å². The molecule has 4 heteroatoms. The van der Waals surface area contributed by atoms with Gasteiger partial charge in [-0.1, -0.05) is 35.7 Å². The number of fused-ring (bicyclic) bond motifs is 1. The van der Waals surface area contributed by atoms with E-state index in [0.717, 1.165) is 20.7 Å². The van der Waals surface area contributed by atoms with Crippen LogP contribution in [0.4, 0.5) is 0 Å². The number of H-pyrrole nitrogens is 1. The molecule has 19 heavy (non-hydrogen) atoms. The van der Waals surface area contributed by atoms with E-state index in [1.54, 1.807) is 0 Å². The first-order valence-corrected chi connectivity index (χ1v) is 8.25. The van der Waals surface area contributed by atoms with Gasteiger partial charge in [0.05, 0.1) is 11.0 Å². The van der Waals surface area contributed by atoms with Crippen LogP contribution in [0.15, 0.2) is 22.7 Å². The number of halogens is 1. The zero-order valence-corrected chi connectivity index (χ0v) is 13.6. The molecule has 0 aliphatic heterocycles. The predicted octanol–water partition coefficient (Wildman–Crippen LogP) is 5.60. The van der Waals surface area contributed by atoms with Crippen LogP contribution in [-0.4, -0.2) is 9.55 Å². The van der Waals surface area contributed by atoms with Crippen LogP contribution >= 0.6 is 28.1 Å². The Hall–Kier alpha value is -0.610. The van der Waals surface area contributed by atoms with Crippen LogP contribution in [0.1, 0.15) is 45.1 Å². The fraction of sp³-hybridized carbons (Fsp3) is 0.533. The minimum Gasteiger partial charge on any atom is -0.331 e. The molecular formula is C15H19BrN2S. The van der Waals surface area contributed by atoms with Gasteiger partial charge in [0.15, 0.2) is 4.77 Å². The number of aromatic nitrogens is 2. The van der Waals surface area contributed by atoms with Gasteiger partial charge in [0, 0.05) is 10.5 Å². The van der Waals surface area contributed by atoms with Crippen molar-refractivity contribution in [3.8, 4) is 0 Å². The molecule has 2 nitrogen and oxygen atoms in total. The molecule has 1 heterocycles. The highest BCUT2D eigenvalue weighted by Crippen LogP contribution is 2.33. The Bertz CT molecular complexity index is 643. The number of benzene rings is 1. The van der Waals surface area contributed by atoms with Crippen molar-refractivity contribution < 1.29 is 0 Å². The second-order valence-corrected chi connectivity index (χ2v) is 7.03. The summed E-state index contributed by atoms with van der Waals surface area (Å²) in [6.07, 6.45) is 6.48. The van der Waals surface area contributed by atoms with Gasteiger partial charge in [-0.05, 0) is 55.6 Å². The Kier molecular flexibility index (Phi) is 3.81. The van der Waals surface area contributed by atoms with E-state index in [9.17, 15) is 0 Å². The van der Waals surface area contributed by atoms with E-state index < -0.39 is 0 Å². The molecule has 2 atom stereocenters. The first kappa shape index (κ1) is 13.4. The van der Waals surface area contributed by atoms with Gasteiger partial charge in [0.2, 0.25) is 0 Å². The van der Waals surface area contributed by atoms with Crippen molar-refractivity contribution >= 4 is 39.2 Å². The molecule has 3 rings (SSSR count). The molecule has 0 bridgehead atoms. The van der Waals surface area contributed by atoms with Crippen LogP contribution in [0.2, 0.25) is 0 Å². The molecule has 1 N–H and O–H groups in total. The Morgan fingerprint density at radius 1 is 1.26 bits per heavy atom. The summed E-state index contributed by atoms with van der Waals surface area (Å²) < 4.78 is 4.32. The Morgan fingerprint density at radius 2 is 2.11 bits per heavy atom. The highest BCUT2D eigenvalue weighted by Gasteiger charge is 2.20. The maximum Gasteiger partial charge on any atom is 0.178 e. The van der Waals surface area contributed by atoms with E-state index in [1.807, 2.05) is 0 Å². The quantitative estimate of drug-likeness (QED) is 0.529. The van der Waals surface area contributed by atoms with Gasteiger partial charge < -0.3 is 9.55 Å². The monoisotopic (exact) mass is 338 g/mol. The Labute approximate surface area is 127 Å². The van der Waals surface area contributed by atoms with Gasteiger partial charge in [-0.15, -0.1) is 0 Å². The lowest BCUT2D eigenvalue weighted by atomic mass is 10.0. The van der Waals surface area contributed by atoms with Gasteiger partial charge in [0.1, 0.15) is 0 Å². The number of imidazole rings is 1. The number of aromatic amines is 1. The van der Waals surface area contributed by atoms with Gasteiger partial charge in [0.25, 0.3) is 0 Å². The molecule has 0 saturated heterocycles. The van der Waals surface area contributed by atoms with Crippen molar-refractivity contribution in [2.45, 2.75) is 45.1 Å². The minimum atomic E-state index is 0.556. The zero-order valence-electron chi connectivity index (χ0n) is 11.2. The molecule has 1 aromatic heterocycles. The summed E-state index contributed by atoms with van der Waals surface area (Å²) in [7, 11) is 0. The van der Waals surface area contributed by atoms with Crippen LogP contribution in [0.3, 0.4) is 0 Å². The predicted molar refractivity (Wildman–Crippen MR) is 86.1 cm³/mol. The third-order valence-electron chi connectivity index (χ3n) is 4.27. The number of hydrogen-bond acceptors (Lipinski definition) is 1. The third kappa shape index (κ3) is 2.65. The average Bonchev–Trinajstić information content (AvgIpc) is 2.55. The maximum atomic E-state index is 5.54. The number of hydrogen-bond donors (Lipinski definition) is 1. The van der Waals surface area contributed by atoms with Crippen LogP contribution < -0.4 is 0 Å². The molecule has 2 unspecified atom stereocenters. The number of nitrogens with zero attached hydrogens (tertiary/aromatic N) is 1. The molecule has 0 radical (unpaired) electrons. The normalized spacial score (nSPS) is 24.5. The summed E-state index contributed by atoms with van der Waals surface area (Å²) >= 11 is 9.11. The molecule has 102 valence electrons. The van der Waals surface area contributed by atoms with E-state index >= 15 is 0 Å². The fourth-order valence-electron chi connectivity index (χ4n) is 3.18. The van der Waals surface area contributed by atoms with Crippen LogP contribution in [-0.2, 0) is 0 Å². The fourth-order valence-corrected chi connectivity index (χ4v) is 3.89. The highest BCUT2D eigenvalue weighted by molar-refractivity contribution is 9.10. The van der Waals surface area contributed by atoms with E-state index in [4.69, 9.17) is 12.2 Å². The van der Waals surface area contributed by atoms with E-state index in [1.165, 1.54) is 37.6 Å². The molecular weight excluding hydrogens is 320 g/mol. The molecule has 1 aromatic carbocycles. The van der Waals surface area contributed by atoms with Crippen LogP contribution in [0, 0.1) is 10.7 Å². The second-order valence-electron chi connectivity index (χ2n) is 5.73. The summed E-state index contributed by atoms with van der Waals surface area (Å²) in [5, 5.41) is 0. The molecule has 0 amide bonds. The zero-order chi connectivity index (χ0) is 13.4. The minimum absolute atomic E-state index is 0.556. The summed E-state index contributed by atoms with van der Waals surface area (Å²) in [6, 6.07) is 6.90. The first-order valence-electron chi connectivity index (χ1n) is 7.05. The third-order valence-corrected chi connectivity index (χ3v) is 5.06. The van der Waals surface area contributed by atoms with Gasteiger partial charge in [-0.25, -0.2) is 0 Å². The highest BCUT2D eigenvalue weighted by atomic mass is 79.9. The summed E-state index contributed by atoms with van der Waals surface area (Å²) in [6.45, 7) is 2.37. The lowest BCUT2D eigenvalue weighted by Gasteiger charge is -2.17. The Morgan fingerprint density at radius 3 is 2.95 bits per heavy atom. The topological polar surface area (TPSA) is 20.7 Å². The largest absolute Gasteiger partial charge is 0.331 e. The van der Waals surface area contributed by atoms with Crippen LogP contribution in [0.25, 0.3) is 11.0 Å². The summed E-state index contributed by atoms with van der Waals surface area (Å²) in [5.41, 5.74) is 2.38. The van der Waals surface area contributed by atoms with Gasteiger partial charge >= 0.3 is 0 Å². The molecule has 2 aromatic rings. The molecule has 1 aliphatic carbocycles. The standard InChI is InChI=1S/C15H19BrN2S/c1-10-3-2-4-12(7-5-10)18-14-9-11(16)6-8-13(14)17-15(18)19/h6,8-10,12H,2-5,7H2,1H3,(H,17,19). The SMILES string of the molecule is CC1CCCC(n2c(=S)[nH]c3ccc(Br)cc32)CC1. The average molecular weight is 339 g/mol. The molecule has 1 aliphatic rings. The van der Waals surface area contributed by atoms with Crippen molar-refractivity contribution in [3.63, 3.8) is 0 Å². The summed E-state index contributed by atoms with van der Waals surface area (Å²) in [5.74, 6) is 0.858. The van der Waals surface area contributed by atoms with Crippen molar-refractivity contribution in [2.75, 3.05) is 0 Å². The van der Waals surface area contributed by atoms with Crippen molar-refractivity contribution in [1.29, 1.82) is 0 Å². The summed E-state index contributed by atoms with van der Waals surface area (Å²) in [4.78, 5) is 3.34. The first-order chi connectivity index (χ1) is 9.15. The molecule has 1 fully saturated rings. The van der Waals surface area contributed by atoms with E-state index in [2.05, 4.69) is 50.6 Å². The van der Waals surface area contributed by atoms with Crippen LogP contribution in [0.5, 0.6) is 0 Å². The number of nitrogens with one attached hydrogen (secondary N) is 1. The van der Waals surface area contributed by atoms with Crippen molar-refractivity contribution in [1.82, 2.24) is 9.55 Å². The molecule has 0 spiro atoms. The Balaban J connectivity index is 2.06. The van der Waals surface area contributed by atoms with E-state index in [0.29, 0.717) is 6.04 Å². The maximum absolute atomic E-state index is 5.54. The van der Waals surface area contributed by atoms with E-state index in [-0.39, 0.29) is 0 Å². The lowest BCUT2D eigenvalue weighted by molar-refractivity contribution is 0.438. The van der Waals surface area contributed by atoms with Crippen molar-refractivity contribution in [3.05, 3.63) is 27.4 Å². The second kappa shape index (κ2) is 5.41. The van der Waals surface area contributed by atoms with Crippen molar-refractivity contribution in [2.24, 2.45) is 5.92 Å².